The van der Waals surface area contributed by atoms with Crippen LogP contribution in [0.15, 0.2) is 18.3 Å². The van der Waals surface area contributed by atoms with Crippen LogP contribution < -0.4 is 5.32 Å². The van der Waals surface area contributed by atoms with E-state index in [1.54, 1.807) is 0 Å². The maximum Gasteiger partial charge on any atom is 0.160 e. The zero-order valence-corrected chi connectivity index (χ0v) is 10.8. The quantitative estimate of drug-likeness (QED) is 0.803. The Morgan fingerprint density at radius 1 is 1.41 bits per heavy atom. The Morgan fingerprint density at radius 3 is 2.94 bits per heavy atom. The van der Waals surface area contributed by atoms with Gasteiger partial charge in [-0.3, -0.25) is 0 Å². The minimum Gasteiger partial charge on any atom is -0.317 e. The van der Waals surface area contributed by atoms with Crippen molar-refractivity contribution in [3.63, 3.8) is 0 Å². The SMILES string of the molecule is CCNCCc1nc2cccnc2n1C(C)C. The Hall–Kier alpha value is -1.42. The number of hydrogen-bond acceptors (Lipinski definition) is 3. The van der Waals surface area contributed by atoms with Crippen LogP contribution in [0.1, 0.15) is 32.6 Å². The predicted molar refractivity (Wildman–Crippen MR) is 70.2 cm³/mol. The molecule has 0 fully saturated rings. The van der Waals surface area contributed by atoms with E-state index in [0.29, 0.717) is 6.04 Å². The fourth-order valence-corrected chi connectivity index (χ4v) is 2.07. The molecule has 17 heavy (non-hydrogen) atoms. The lowest BCUT2D eigenvalue weighted by Gasteiger charge is -2.12. The van der Waals surface area contributed by atoms with Gasteiger partial charge < -0.3 is 9.88 Å². The third kappa shape index (κ3) is 2.47. The van der Waals surface area contributed by atoms with Crippen molar-refractivity contribution >= 4 is 11.2 Å². The first-order chi connectivity index (χ1) is 8.24. The molecule has 2 rings (SSSR count). The molecule has 0 aliphatic heterocycles. The maximum absolute atomic E-state index is 4.67. The first-order valence-corrected chi connectivity index (χ1v) is 6.26. The number of likely N-dealkylation sites (N-methyl/N-ethyl adjacent to an activating group) is 1. The molecule has 0 amide bonds. The number of rotatable bonds is 5. The van der Waals surface area contributed by atoms with E-state index in [-0.39, 0.29) is 0 Å². The molecule has 0 aliphatic carbocycles. The van der Waals surface area contributed by atoms with Crippen LogP contribution in [0.2, 0.25) is 0 Å². The van der Waals surface area contributed by atoms with Crippen molar-refractivity contribution < 1.29 is 0 Å². The van der Waals surface area contributed by atoms with Crippen LogP contribution in [0.4, 0.5) is 0 Å². The highest BCUT2D eigenvalue weighted by molar-refractivity contribution is 5.71. The molecule has 2 heterocycles. The van der Waals surface area contributed by atoms with Crippen molar-refractivity contribution in [1.82, 2.24) is 19.9 Å². The van der Waals surface area contributed by atoms with Gasteiger partial charge >= 0.3 is 0 Å². The second-order valence-corrected chi connectivity index (χ2v) is 4.44. The van der Waals surface area contributed by atoms with E-state index in [9.17, 15) is 0 Å². The highest BCUT2D eigenvalue weighted by Gasteiger charge is 2.13. The van der Waals surface area contributed by atoms with Gasteiger partial charge in [0.1, 0.15) is 11.3 Å². The predicted octanol–water partition coefficient (Wildman–Crippen LogP) is 2.16. The van der Waals surface area contributed by atoms with Gasteiger partial charge in [0.2, 0.25) is 0 Å². The fraction of sp³-hybridized carbons (Fsp3) is 0.538. The Labute approximate surface area is 102 Å². The smallest absolute Gasteiger partial charge is 0.160 e. The number of nitrogens with one attached hydrogen (secondary N) is 1. The number of pyridine rings is 1. The largest absolute Gasteiger partial charge is 0.317 e. The topological polar surface area (TPSA) is 42.7 Å². The normalized spacial score (nSPS) is 11.5. The van der Waals surface area contributed by atoms with Gasteiger partial charge in [-0.25, -0.2) is 9.97 Å². The molecule has 2 aromatic rings. The van der Waals surface area contributed by atoms with E-state index in [1.807, 2.05) is 18.3 Å². The lowest BCUT2D eigenvalue weighted by atomic mass is 10.3. The summed E-state index contributed by atoms with van der Waals surface area (Å²) in [7, 11) is 0. The third-order valence-corrected chi connectivity index (χ3v) is 2.81. The summed E-state index contributed by atoms with van der Waals surface area (Å²) in [4.78, 5) is 9.10. The van der Waals surface area contributed by atoms with Crippen LogP contribution in [0.3, 0.4) is 0 Å². The molecule has 2 aromatic heterocycles. The molecule has 4 heteroatoms. The van der Waals surface area contributed by atoms with Gasteiger partial charge in [0.05, 0.1) is 0 Å². The summed E-state index contributed by atoms with van der Waals surface area (Å²) in [5, 5.41) is 3.33. The lowest BCUT2D eigenvalue weighted by molar-refractivity contribution is 0.568. The second-order valence-electron chi connectivity index (χ2n) is 4.44. The van der Waals surface area contributed by atoms with Crippen molar-refractivity contribution in [2.75, 3.05) is 13.1 Å². The molecular weight excluding hydrogens is 212 g/mol. The number of aromatic nitrogens is 3. The summed E-state index contributed by atoms with van der Waals surface area (Å²) >= 11 is 0. The first-order valence-electron chi connectivity index (χ1n) is 6.26. The average Bonchev–Trinajstić information content (AvgIpc) is 2.67. The molecule has 0 saturated heterocycles. The van der Waals surface area contributed by atoms with E-state index in [0.717, 1.165) is 36.5 Å². The molecule has 0 aromatic carbocycles. The Morgan fingerprint density at radius 2 is 2.24 bits per heavy atom. The summed E-state index contributed by atoms with van der Waals surface area (Å²) in [5.41, 5.74) is 1.99. The fourth-order valence-electron chi connectivity index (χ4n) is 2.07. The second kappa shape index (κ2) is 5.27. The van der Waals surface area contributed by atoms with Crippen molar-refractivity contribution in [2.24, 2.45) is 0 Å². The van der Waals surface area contributed by atoms with Gasteiger partial charge in [-0.15, -0.1) is 0 Å². The molecule has 0 bridgehead atoms. The van der Waals surface area contributed by atoms with E-state index in [2.05, 4.69) is 40.6 Å². The standard InChI is InChI=1S/C13H20N4/c1-4-14-9-7-12-16-11-6-5-8-15-13(11)17(12)10(2)3/h5-6,8,10,14H,4,7,9H2,1-3H3. The number of nitrogens with zero attached hydrogens (tertiary/aromatic N) is 3. The van der Waals surface area contributed by atoms with Crippen LogP contribution in [0, 0.1) is 0 Å². The van der Waals surface area contributed by atoms with Gasteiger partial charge in [-0.05, 0) is 32.5 Å². The third-order valence-electron chi connectivity index (χ3n) is 2.81. The molecule has 0 unspecified atom stereocenters. The molecule has 0 atom stereocenters. The molecular formula is C13H20N4. The molecule has 4 nitrogen and oxygen atoms in total. The molecule has 0 aliphatic rings. The van der Waals surface area contributed by atoms with Crippen molar-refractivity contribution in [3.8, 4) is 0 Å². The summed E-state index contributed by atoms with van der Waals surface area (Å²) in [6, 6.07) is 4.36. The van der Waals surface area contributed by atoms with Crippen LogP contribution >= 0.6 is 0 Å². The Kier molecular flexibility index (Phi) is 3.74. The Bertz CT molecular complexity index is 487. The van der Waals surface area contributed by atoms with E-state index in [1.165, 1.54) is 0 Å². The van der Waals surface area contributed by atoms with Crippen LogP contribution in [0.25, 0.3) is 11.2 Å². The molecule has 1 N–H and O–H groups in total. The van der Waals surface area contributed by atoms with Gasteiger partial charge in [0.25, 0.3) is 0 Å². The molecule has 0 radical (unpaired) electrons. The monoisotopic (exact) mass is 232 g/mol. The lowest BCUT2D eigenvalue weighted by Crippen LogP contribution is -2.18. The first kappa shape index (κ1) is 12.0. The van der Waals surface area contributed by atoms with Gasteiger partial charge in [-0.2, -0.15) is 0 Å². The van der Waals surface area contributed by atoms with E-state index >= 15 is 0 Å². The van der Waals surface area contributed by atoms with E-state index in [4.69, 9.17) is 0 Å². The molecule has 0 spiro atoms. The van der Waals surface area contributed by atoms with Gasteiger partial charge in [0, 0.05) is 25.2 Å². The summed E-state index contributed by atoms with van der Waals surface area (Å²) in [6.07, 6.45) is 2.78. The number of imidazole rings is 1. The number of hydrogen-bond donors (Lipinski definition) is 1. The van der Waals surface area contributed by atoms with Crippen molar-refractivity contribution in [2.45, 2.75) is 33.2 Å². The van der Waals surface area contributed by atoms with Crippen LogP contribution in [-0.2, 0) is 6.42 Å². The molecule has 92 valence electrons. The van der Waals surface area contributed by atoms with Gasteiger partial charge in [-0.1, -0.05) is 6.92 Å². The minimum atomic E-state index is 0.395. The van der Waals surface area contributed by atoms with Gasteiger partial charge in [0.15, 0.2) is 5.65 Å². The minimum absolute atomic E-state index is 0.395. The maximum atomic E-state index is 4.67. The van der Waals surface area contributed by atoms with Crippen LogP contribution in [0.5, 0.6) is 0 Å². The van der Waals surface area contributed by atoms with Crippen LogP contribution in [-0.4, -0.2) is 27.6 Å². The summed E-state index contributed by atoms with van der Waals surface area (Å²) < 4.78 is 2.23. The summed E-state index contributed by atoms with van der Waals surface area (Å²) in [6.45, 7) is 8.43. The highest BCUT2D eigenvalue weighted by Crippen LogP contribution is 2.18. The van der Waals surface area contributed by atoms with E-state index < -0.39 is 0 Å². The number of fused-ring (bicyclic) bond motifs is 1. The molecule has 0 saturated carbocycles. The van der Waals surface area contributed by atoms with Crippen molar-refractivity contribution in [3.05, 3.63) is 24.2 Å². The Balaban J connectivity index is 2.36. The highest BCUT2D eigenvalue weighted by atomic mass is 15.1. The van der Waals surface area contributed by atoms with Crippen molar-refractivity contribution in [1.29, 1.82) is 0 Å². The summed E-state index contributed by atoms with van der Waals surface area (Å²) in [5.74, 6) is 1.12. The zero-order chi connectivity index (χ0) is 12.3. The zero-order valence-electron chi connectivity index (χ0n) is 10.8. The average molecular weight is 232 g/mol.